The Labute approximate surface area is 111 Å². The molecule has 1 rings (SSSR count). The maximum atomic E-state index is 11.7. The van der Waals surface area contributed by atoms with E-state index < -0.39 is 35.1 Å². The molecule has 0 saturated heterocycles. The van der Waals surface area contributed by atoms with E-state index in [1.165, 1.54) is 6.07 Å². The highest BCUT2D eigenvalue weighted by Crippen LogP contribution is 2.24. The number of aliphatic hydroxyl groups is 1. The first-order valence-electron chi connectivity index (χ1n) is 4.95. The number of benzene rings is 1. The molecule has 0 fully saturated rings. The van der Waals surface area contributed by atoms with Crippen molar-refractivity contribution in [3.05, 3.63) is 38.9 Å². The number of rotatable bonds is 5. The summed E-state index contributed by atoms with van der Waals surface area (Å²) in [5, 5.41) is 29.9. The Kier molecular flexibility index (Phi) is 4.79. The molecule has 0 heterocycles. The summed E-state index contributed by atoms with van der Waals surface area (Å²) in [6.07, 6.45) is 0. The fourth-order valence-electron chi connectivity index (χ4n) is 1.22. The number of halogens is 1. The van der Waals surface area contributed by atoms with Gasteiger partial charge in [-0.15, -0.1) is 0 Å². The van der Waals surface area contributed by atoms with E-state index in [1.54, 1.807) is 0 Å². The van der Waals surface area contributed by atoms with Gasteiger partial charge in [-0.3, -0.25) is 14.9 Å². The summed E-state index contributed by atoms with van der Waals surface area (Å²) < 4.78 is 0. The molecule has 0 spiro atoms. The molecule has 0 aliphatic rings. The number of amides is 1. The number of carboxylic acids is 1. The molecule has 0 aliphatic carbocycles. The van der Waals surface area contributed by atoms with Crippen molar-refractivity contribution in [3.63, 3.8) is 0 Å². The Morgan fingerprint density at radius 2 is 2.11 bits per heavy atom. The summed E-state index contributed by atoms with van der Waals surface area (Å²) in [6.45, 7) is -0.795. The van der Waals surface area contributed by atoms with Crippen molar-refractivity contribution >= 4 is 29.2 Å². The summed E-state index contributed by atoms with van der Waals surface area (Å²) in [6, 6.07) is 1.81. The van der Waals surface area contributed by atoms with Crippen LogP contribution in [0.5, 0.6) is 0 Å². The van der Waals surface area contributed by atoms with Gasteiger partial charge in [0, 0.05) is 11.6 Å². The van der Waals surface area contributed by atoms with Crippen molar-refractivity contribution < 1.29 is 24.7 Å². The third-order valence-corrected chi connectivity index (χ3v) is 2.51. The molecule has 0 radical (unpaired) electrons. The third kappa shape index (κ3) is 3.63. The van der Waals surface area contributed by atoms with Crippen LogP contribution in [0.4, 0.5) is 5.69 Å². The Bertz CT molecular complexity index is 533. The van der Waals surface area contributed by atoms with Crippen LogP contribution in [-0.2, 0) is 4.79 Å². The van der Waals surface area contributed by atoms with Crippen molar-refractivity contribution in [3.8, 4) is 0 Å². The molecule has 102 valence electrons. The average Bonchev–Trinajstić information content (AvgIpc) is 2.35. The van der Waals surface area contributed by atoms with Crippen molar-refractivity contribution in [1.29, 1.82) is 0 Å². The second kappa shape index (κ2) is 6.12. The second-order valence-electron chi connectivity index (χ2n) is 3.47. The van der Waals surface area contributed by atoms with Crippen LogP contribution < -0.4 is 5.32 Å². The highest BCUT2D eigenvalue weighted by atomic mass is 35.5. The molecule has 0 bridgehead atoms. The minimum Gasteiger partial charge on any atom is -0.480 e. The Balaban J connectivity index is 2.97. The number of nitrogens with one attached hydrogen (secondary N) is 1. The number of nitrogens with zero attached hydrogens (tertiary/aromatic N) is 1. The molecule has 19 heavy (non-hydrogen) atoms. The molecule has 9 heteroatoms. The van der Waals surface area contributed by atoms with Gasteiger partial charge in [-0.25, -0.2) is 4.79 Å². The number of aliphatic carboxylic acids is 1. The normalized spacial score (nSPS) is 11.7. The van der Waals surface area contributed by atoms with Crippen molar-refractivity contribution in [2.45, 2.75) is 6.04 Å². The lowest BCUT2D eigenvalue weighted by Gasteiger charge is -2.11. The topological polar surface area (TPSA) is 130 Å². The average molecular weight is 289 g/mol. The van der Waals surface area contributed by atoms with Gasteiger partial charge < -0.3 is 15.5 Å². The van der Waals surface area contributed by atoms with Gasteiger partial charge in [-0.05, 0) is 12.1 Å². The first kappa shape index (κ1) is 14.9. The summed E-state index contributed by atoms with van der Waals surface area (Å²) in [7, 11) is 0. The number of hydrogen-bond acceptors (Lipinski definition) is 5. The fraction of sp³-hybridized carbons (Fsp3) is 0.200. The molecule has 8 nitrogen and oxygen atoms in total. The number of aliphatic hydroxyl groups excluding tert-OH is 1. The molecule has 0 unspecified atom stereocenters. The number of carbonyl (C=O) groups excluding carboxylic acids is 1. The standard InChI is InChI=1S/C10H9ClN2O6/c11-6-2-1-5(3-8(6)13(18)19)9(15)12-7(4-14)10(16)17/h1-3,7,14H,4H2,(H,12,15)(H,16,17)/t7-/m0/s1. The van der Waals surface area contributed by atoms with E-state index in [-0.39, 0.29) is 10.6 Å². The van der Waals surface area contributed by atoms with E-state index in [9.17, 15) is 19.7 Å². The summed E-state index contributed by atoms with van der Waals surface area (Å²) in [5.41, 5.74) is -0.596. The van der Waals surface area contributed by atoms with E-state index in [0.29, 0.717) is 0 Å². The van der Waals surface area contributed by atoms with Crippen LogP contribution in [0.15, 0.2) is 18.2 Å². The van der Waals surface area contributed by atoms with Gasteiger partial charge >= 0.3 is 5.97 Å². The lowest BCUT2D eigenvalue weighted by atomic mass is 10.1. The lowest BCUT2D eigenvalue weighted by Crippen LogP contribution is -2.43. The van der Waals surface area contributed by atoms with Crippen LogP contribution in [0.2, 0.25) is 5.02 Å². The smallest absolute Gasteiger partial charge is 0.328 e. The molecule has 0 aliphatic heterocycles. The summed E-state index contributed by atoms with van der Waals surface area (Å²) in [5.74, 6) is -2.28. The van der Waals surface area contributed by atoms with Crippen molar-refractivity contribution in [2.24, 2.45) is 0 Å². The second-order valence-corrected chi connectivity index (χ2v) is 3.88. The van der Waals surface area contributed by atoms with Crippen LogP contribution in [0.1, 0.15) is 10.4 Å². The van der Waals surface area contributed by atoms with E-state index in [1.807, 2.05) is 5.32 Å². The van der Waals surface area contributed by atoms with Gasteiger partial charge in [0.15, 0.2) is 6.04 Å². The number of nitro benzene ring substituents is 1. The summed E-state index contributed by atoms with van der Waals surface area (Å²) in [4.78, 5) is 32.2. The molecule has 0 aromatic heterocycles. The van der Waals surface area contributed by atoms with Crippen LogP contribution in [0, 0.1) is 10.1 Å². The van der Waals surface area contributed by atoms with Crippen LogP contribution >= 0.6 is 11.6 Å². The van der Waals surface area contributed by atoms with Gasteiger partial charge in [0.25, 0.3) is 11.6 Å². The van der Waals surface area contributed by atoms with Gasteiger partial charge in [0.05, 0.1) is 11.5 Å². The summed E-state index contributed by atoms with van der Waals surface area (Å²) >= 11 is 5.57. The number of carboxylic acid groups (broad SMARTS) is 1. The molecule has 1 atom stereocenters. The van der Waals surface area contributed by atoms with Gasteiger partial charge in [0.2, 0.25) is 0 Å². The molecule has 0 saturated carbocycles. The van der Waals surface area contributed by atoms with E-state index >= 15 is 0 Å². The molecule has 1 aromatic carbocycles. The third-order valence-electron chi connectivity index (χ3n) is 2.19. The number of nitro groups is 1. The minimum atomic E-state index is -1.48. The first-order valence-corrected chi connectivity index (χ1v) is 5.33. The predicted molar refractivity (Wildman–Crippen MR) is 64.1 cm³/mol. The van der Waals surface area contributed by atoms with Crippen molar-refractivity contribution in [2.75, 3.05) is 6.61 Å². The largest absolute Gasteiger partial charge is 0.480 e. The lowest BCUT2D eigenvalue weighted by molar-refractivity contribution is -0.384. The Morgan fingerprint density at radius 3 is 2.58 bits per heavy atom. The first-order chi connectivity index (χ1) is 8.86. The van der Waals surface area contributed by atoms with E-state index in [0.717, 1.165) is 12.1 Å². The Morgan fingerprint density at radius 1 is 1.47 bits per heavy atom. The zero-order valence-corrected chi connectivity index (χ0v) is 10.1. The highest BCUT2D eigenvalue weighted by molar-refractivity contribution is 6.32. The monoisotopic (exact) mass is 288 g/mol. The predicted octanol–water partition coefficient (Wildman–Crippen LogP) is 0.424. The quantitative estimate of drug-likeness (QED) is 0.532. The maximum absolute atomic E-state index is 11.7. The van der Waals surface area contributed by atoms with Gasteiger partial charge in [-0.2, -0.15) is 0 Å². The van der Waals surface area contributed by atoms with Crippen LogP contribution in [-0.4, -0.2) is 39.7 Å². The highest BCUT2D eigenvalue weighted by Gasteiger charge is 2.21. The van der Waals surface area contributed by atoms with E-state index in [2.05, 4.69) is 0 Å². The minimum absolute atomic E-state index is 0.129. The fourth-order valence-corrected chi connectivity index (χ4v) is 1.41. The maximum Gasteiger partial charge on any atom is 0.328 e. The molecular weight excluding hydrogens is 280 g/mol. The Hall–Kier alpha value is -2.19. The molecular formula is C10H9ClN2O6. The molecule has 3 N–H and O–H groups in total. The number of hydrogen-bond donors (Lipinski definition) is 3. The van der Waals surface area contributed by atoms with E-state index in [4.69, 9.17) is 21.8 Å². The van der Waals surface area contributed by atoms with Crippen LogP contribution in [0.3, 0.4) is 0 Å². The zero-order chi connectivity index (χ0) is 14.6. The van der Waals surface area contributed by atoms with Gasteiger partial charge in [-0.1, -0.05) is 11.6 Å². The zero-order valence-electron chi connectivity index (χ0n) is 9.37. The SMILES string of the molecule is O=C(N[C@@H](CO)C(=O)O)c1ccc(Cl)c([N+](=O)[O-])c1. The molecule has 1 amide bonds. The number of carbonyl (C=O) groups is 2. The van der Waals surface area contributed by atoms with Crippen molar-refractivity contribution in [1.82, 2.24) is 5.32 Å². The molecule has 1 aromatic rings. The van der Waals surface area contributed by atoms with Crippen LogP contribution in [0.25, 0.3) is 0 Å². The van der Waals surface area contributed by atoms with Gasteiger partial charge in [0.1, 0.15) is 5.02 Å².